The van der Waals surface area contributed by atoms with Gasteiger partial charge < -0.3 is 24.1 Å². The van der Waals surface area contributed by atoms with Crippen LogP contribution >= 0.6 is 11.6 Å². The van der Waals surface area contributed by atoms with Gasteiger partial charge in [-0.15, -0.1) is 0 Å². The predicted octanol–water partition coefficient (Wildman–Crippen LogP) is 0.976. The van der Waals surface area contributed by atoms with E-state index in [1.54, 1.807) is 12.1 Å². The minimum Gasteiger partial charge on any atom is -0.546 e. The molecule has 0 aromatic heterocycles. The molecule has 39 heavy (non-hydrogen) atoms. The van der Waals surface area contributed by atoms with Crippen molar-refractivity contribution in [3.05, 3.63) is 100 Å². The number of aryl methyl sites for hydroxylation is 1. The van der Waals surface area contributed by atoms with Crippen LogP contribution in [0.15, 0.2) is 72.8 Å². The number of halogens is 1. The van der Waals surface area contributed by atoms with Crippen molar-refractivity contribution in [2.45, 2.75) is 6.92 Å². The van der Waals surface area contributed by atoms with Gasteiger partial charge in [-0.3, -0.25) is 4.90 Å². The second kappa shape index (κ2) is 15.7. The van der Waals surface area contributed by atoms with Crippen molar-refractivity contribution in [3.8, 4) is 23.3 Å². The average molecular weight is 554 g/mol. The SMILES string of the molecule is Cc1cc(OC/C=C(/c2ccc(Cl)cc2)c2ccc(C#CCN3CCOCC3)cc2)ccc1OCC(=O)[O-].[Na+]. The Bertz CT molecular complexity index is 1320. The standard InChI is InChI=1S/C31H30ClNO5.Na/c1-23-21-28(12-13-30(23)38-22-31(34)35)37-18-14-29(26-8-10-27(32)11-9-26)25-6-4-24(5-7-25)3-2-15-33-16-19-36-20-17-33;/h4-14,21H,15-20,22H2,1H3,(H,34,35);/q;+1/p-1/b29-14+;. The van der Waals surface area contributed by atoms with Crippen LogP contribution in [0, 0.1) is 18.8 Å². The molecule has 0 amide bonds. The molecule has 1 heterocycles. The number of carboxylic acids is 1. The van der Waals surface area contributed by atoms with Crippen LogP contribution in [-0.2, 0) is 9.53 Å². The van der Waals surface area contributed by atoms with Gasteiger partial charge >= 0.3 is 29.6 Å². The summed E-state index contributed by atoms with van der Waals surface area (Å²) in [6, 6.07) is 21.1. The first-order valence-corrected chi connectivity index (χ1v) is 12.8. The van der Waals surface area contributed by atoms with Crippen LogP contribution in [0.25, 0.3) is 5.57 Å². The van der Waals surface area contributed by atoms with Crippen LogP contribution in [0.1, 0.15) is 22.3 Å². The van der Waals surface area contributed by atoms with E-state index in [4.69, 9.17) is 25.8 Å². The monoisotopic (exact) mass is 553 g/mol. The molecule has 1 aliphatic heterocycles. The molecule has 1 saturated heterocycles. The van der Waals surface area contributed by atoms with Crippen LogP contribution in [0.4, 0.5) is 0 Å². The Hall–Kier alpha value is -2.76. The third-order valence-electron chi connectivity index (χ3n) is 6.02. The van der Waals surface area contributed by atoms with Gasteiger partial charge in [0.1, 0.15) is 24.7 Å². The van der Waals surface area contributed by atoms with E-state index in [0.717, 1.165) is 60.7 Å². The zero-order valence-electron chi connectivity index (χ0n) is 22.2. The molecule has 0 spiro atoms. The second-order valence-electron chi connectivity index (χ2n) is 8.79. The maximum absolute atomic E-state index is 10.6. The van der Waals surface area contributed by atoms with Crippen LogP contribution in [-0.4, -0.2) is 56.9 Å². The van der Waals surface area contributed by atoms with E-state index in [1.807, 2.05) is 55.5 Å². The van der Waals surface area contributed by atoms with Crippen LogP contribution in [0.5, 0.6) is 11.5 Å². The van der Waals surface area contributed by atoms with Crippen molar-refractivity contribution in [1.29, 1.82) is 0 Å². The molecule has 0 radical (unpaired) electrons. The molecular formula is C31H29ClNNaO5. The summed E-state index contributed by atoms with van der Waals surface area (Å²) in [6.07, 6.45) is 2.03. The predicted molar refractivity (Wildman–Crippen MR) is 146 cm³/mol. The zero-order chi connectivity index (χ0) is 26.7. The quantitative estimate of drug-likeness (QED) is 0.291. The Labute approximate surface area is 256 Å². The van der Waals surface area contributed by atoms with E-state index in [2.05, 4.69) is 28.9 Å². The summed E-state index contributed by atoms with van der Waals surface area (Å²) in [5, 5.41) is 11.3. The number of carbonyl (C=O) groups excluding carboxylic acids is 1. The Morgan fingerprint density at radius 1 is 1.03 bits per heavy atom. The number of rotatable bonds is 9. The molecule has 0 N–H and O–H groups in total. The topological polar surface area (TPSA) is 71.1 Å². The molecule has 0 unspecified atom stereocenters. The molecular weight excluding hydrogens is 525 g/mol. The maximum Gasteiger partial charge on any atom is 1.00 e. The number of nitrogens with zero attached hydrogens (tertiary/aromatic N) is 1. The Balaban J connectivity index is 0.00000420. The Morgan fingerprint density at radius 3 is 2.33 bits per heavy atom. The van der Waals surface area contributed by atoms with Crippen molar-refractivity contribution in [3.63, 3.8) is 0 Å². The fourth-order valence-electron chi connectivity index (χ4n) is 4.01. The summed E-state index contributed by atoms with van der Waals surface area (Å²) in [7, 11) is 0. The molecule has 3 aromatic carbocycles. The first-order chi connectivity index (χ1) is 18.5. The van der Waals surface area contributed by atoms with Crippen LogP contribution < -0.4 is 44.1 Å². The van der Waals surface area contributed by atoms with Crippen molar-refractivity contribution >= 4 is 23.1 Å². The van der Waals surface area contributed by atoms with Gasteiger partial charge in [0.2, 0.25) is 0 Å². The number of benzene rings is 3. The number of hydrogen-bond acceptors (Lipinski definition) is 6. The molecule has 1 fully saturated rings. The number of aliphatic carboxylic acids is 1. The third kappa shape index (κ3) is 9.74. The van der Waals surface area contributed by atoms with Gasteiger partial charge in [-0.25, -0.2) is 0 Å². The zero-order valence-corrected chi connectivity index (χ0v) is 25.0. The van der Waals surface area contributed by atoms with Gasteiger partial charge in [-0.2, -0.15) is 0 Å². The van der Waals surface area contributed by atoms with Crippen LogP contribution in [0.3, 0.4) is 0 Å². The minimum absolute atomic E-state index is 0. The molecule has 0 aliphatic carbocycles. The Morgan fingerprint density at radius 2 is 1.69 bits per heavy atom. The van der Waals surface area contributed by atoms with Crippen LogP contribution in [0.2, 0.25) is 5.02 Å². The van der Waals surface area contributed by atoms with Crippen molar-refractivity contribution in [2.24, 2.45) is 0 Å². The number of ether oxygens (including phenoxy) is 3. The summed E-state index contributed by atoms with van der Waals surface area (Å²) in [5.74, 6) is 6.38. The van der Waals surface area contributed by atoms with Gasteiger partial charge in [-0.1, -0.05) is 47.7 Å². The van der Waals surface area contributed by atoms with Gasteiger partial charge in [-0.05, 0) is 77.7 Å². The fourth-order valence-corrected chi connectivity index (χ4v) is 4.14. The van der Waals surface area contributed by atoms with E-state index in [-0.39, 0.29) is 29.6 Å². The summed E-state index contributed by atoms with van der Waals surface area (Å²) in [4.78, 5) is 12.9. The average Bonchev–Trinajstić information content (AvgIpc) is 2.92. The van der Waals surface area contributed by atoms with Gasteiger partial charge in [0.15, 0.2) is 0 Å². The molecule has 6 nitrogen and oxygen atoms in total. The summed E-state index contributed by atoms with van der Waals surface area (Å²) in [5.41, 5.74) is 4.81. The molecule has 0 bridgehead atoms. The minimum atomic E-state index is -1.27. The first kappa shape index (κ1) is 30.8. The van der Waals surface area contributed by atoms with Crippen molar-refractivity contribution in [1.82, 2.24) is 4.90 Å². The largest absolute Gasteiger partial charge is 1.00 e. The summed E-state index contributed by atoms with van der Waals surface area (Å²) >= 11 is 6.12. The third-order valence-corrected chi connectivity index (χ3v) is 6.27. The van der Waals surface area contributed by atoms with Gasteiger partial charge in [0.05, 0.1) is 25.7 Å². The van der Waals surface area contributed by atoms with Gasteiger partial charge in [0, 0.05) is 23.7 Å². The maximum atomic E-state index is 10.6. The second-order valence-corrected chi connectivity index (χ2v) is 9.23. The molecule has 4 rings (SSSR count). The van der Waals surface area contributed by atoms with E-state index in [1.165, 1.54) is 0 Å². The fraction of sp³-hybridized carbons (Fsp3) is 0.258. The Kier molecular flexibility index (Phi) is 12.4. The van der Waals surface area contributed by atoms with Crippen molar-refractivity contribution < 1.29 is 53.7 Å². The molecule has 8 heteroatoms. The molecule has 0 atom stereocenters. The summed E-state index contributed by atoms with van der Waals surface area (Å²) in [6.45, 7) is 5.79. The normalized spacial score (nSPS) is 13.5. The van der Waals surface area contributed by atoms with Gasteiger partial charge in [0.25, 0.3) is 0 Å². The molecule has 1 aliphatic rings. The van der Waals surface area contributed by atoms with E-state index < -0.39 is 12.6 Å². The number of hydrogen-bond donors (Lipinski definition) is 0. The smallest absolute Gasteiger partial charge is 0.546 e. The number of morpholine rings is 1. The molecule has 196 valence electrons. The number of carboxylic acid groups (broad SMARTS) is 1. The molecule has 3 aromatic rings. The molecule has 0 saturated carbocycles. The van der Waals surface area contributed by atoms with E-state index >= 15 is 0 Å². The summed E-state index contributed by atoms with van der Waals surface area (Å²) < 4.78 is 16.6. The van der Waals surface area contributed by atoms with E-state index in [0.29, 0.717) is 23.1 Å². The first-order valence-electron chi connectivity index (χ1n) is 12.4. The van der Waals surface area contributed by atoms with E-state index in [9.17, 15) is 9.90 Å². The number of carbonyl (C=O) groups is 1. The van der Waals surface area contributed by atoms with Crippen molar-refractivity contribution in [2.75, 3.05) is 46.1 Å².